The van der Waals surface area contributed by atoms with Crippen molar-refractivity contribution in [1.82, 2.24) is 15.1 Å². The minimum Gasteiger partial charge on any atom is -0.475 e. The minimum absolute atomic E-state index is 0. The first kappa shape index (κ1) is 14.3. The van der Waals surface area contributed by atoms with Crippen molar-refractivity contribution in [3.8, 4) is 5.88 Å². The molecule has 1 aromatic carbocycles. The molecular weight excluding hydrogens is 310 g/mol. The fourth-order valence-electron chi connectivity index (χ4n) is 2.14. The second-order valence-corrected chi connectivity index (χ2v) is 4.38. The Bertz CT molecular complexity index is 511. The van der Waals surface area contributed by atoms with E-state index >= 15 is 0 Å². The minimum atomic E-state index is 0. The van der Waals surface area contributed by atoms with Gasteiger partial charge in [0.1, 0.15) is 6.61 Å². The molecule has 2 heterocycles. The van der Waals surface area contributed by atoms with Gasteiger partial charge in [0.15, 0.2) is 0 Å². The number of aromatic amines is 1. The van der Waals surface area contributed by atoms with Crippen LogP contribution in [0.25, 0.3) is 10.9 Å². The maximum Gasteiger partial charge on any atom is 0.240 e. The molecule has 0 unspecified atom stereocenters. The molecule has 0 radical (unpaired) electrons. The molecule has 1 aromatic heterocycles. The van der Waals surface area contributed by atoms with E-state index in [9.17, 15) is 0 Å². The molecule has 1 saturated heterocycles. The maximum atomic E-state index is 5.74. The lowest BCUT2D eigenvalue weighted by molar-refractivity contribution is 0.0321. The summed E-state index contributed by atoms with van der Waals surface area (Å²) in [5, 5.41) is 8.20. The molecule has 1 aliphatic heterocycles. The van der Waals surface area contributed by atoms with E-state index in [0.29, 0.717) is 12.5 Å². The first-order chi connectivity index (χ1) is 8.93. The van der Waals surface area contributed by atoms with Crippen LogP contribution in [0.1, 0.15) is 0 Å². The van der Waals surface area contributed by atoms with Crippen LogP contribution in [0, 0.1) is 0 Å². The number of hydrogen-bond acceptors (Lipinski definition) is 4. The van der Waals surface area contributed by atoms with Crippen molar-refractivity contribution < 1.29 is 9.47 Å². The molecule has 6 heteroatoms. The number of H-pyrrole nitrogens is 1. The van der Waals surface area contributed by atoms with E-state index in [1.165, 1.54) is 0 Å². The van der Waals surface area contributed by atoms with Crippen molar-refractivity contribution in [2.45, 2.75) is 0 Å². The first-order valence-corrected chi connectivity index (χ1v) is 6.29. The number of para-hydroxylation sites is 1. The summed E-state index contributed by atoms with van der Waals surface area (Å²) in [4.78, 5) is 2.35. The normalized spacial score (nSPS) is 16.2. The van der Waals surface area contributed by atoms with Gasteiger partial charge in [0.2, 0.25) is 5.88 Å². The molecule has 5 nitrogen and oxygen atoms in total. The zero-order valence-electron chi connectivity index (χ0n) is 10.7. The average molecular weight is 328 g/mol. The lowest BCUT2D eigenvalue weighted by Gasteiger charge is -2.26. The zero-order chi connectivity index (χ0) is 12.2. The third-order valence-electron chi connectivity index (χ3n) is 3.19. The highest BCUT2D eigenvalue weighted by Crippen LogP contribution is 2.21. The van der Waals surface area contributed by atoms with Crippen molar-refractivity contribution in [3.05, 3.63) is 24.3 Å². The highest BCUT2D eigenvalue weighted by molar-refractivity contribution is 8.93. The molecule has 0 aliphatic carbocycles. The van der Waals surface area contributed by atoms with Crippen LogP contribution in [-0.2, 0) is 4.74 Å². The molecule has 1 aliphatic rings. The number of benzene rings is 1. The topological polar surface area (TPSA) is 50.4 Å². The smallest absolute Gasteiger partial charge is 0.240 e. The van der Waals surface area contributed by atoms with Gasteiger partial charge in [-0.25, -0.2) is 0 Å². The summed E-state index contributed by atoms with van der Waals surface area (Å²) >= 11 is 0. The Balaban J connectivity index is 0.00000133. The molecule has 2 aromatic rings. The predicted octanol–water partition coefficient (Wildman–Crippen LogP) is 1.85. The van der Waals surface area contributed by atoms with Crippen molar-refractivity contribution in [1.29, 1.82) is 0 Å². The molecule has 104 valence electrons. The summed E-state index contributed by atoms with van der Waals surface area (Å²) in [5.74, 6) is 0.693. The highest BCUT2D eigenvalue weighted by Gasteiger charge is 2.11. The van der Waals surface area contributed by atoms with Crippen LogP contribution in [0.2, 0.25) is 0 Å². The molecule has 0 saturated carbocycles. The van der Waals surface area contributed by atoms with Gasteiger partial charge in [-0.3, -0.25) is 10.00 Å². The molecule has 0 spiro atoms. The number of nitrogens with zero attached hydrogens (tertiary/aromatic N) is 2. The summed E-state index contributed by atoms with van der Waals surface area (Å²) in [6.45, 7) is 5.21. The Morgan fingerprint density at radius 1 is 1.26 bits per heavy atom. The number of nitrogens with one attached hydrogen (secondary N) is 1. The van der Waals surface area contributed by atoms with E-state index in [4.69, 9.17) is 9.47 Å². The number of aromatic nitrogens is 2. The highest BCUT2D eigenvalue weighted by atomic mass is 79.9. The second kappa shape index (κ2) is 6.88. The van der Waals surface area contributed by atoms with Crippen LogP contribution in [-0.4, -0.2) is 54.6 Å². The van der Waals surface area contributed by atoms with Gasteiger partial charge in [-0.15, -0.1) is 22.1 Å². The molecular formula is C13H18BrN3O2. The Kier molecular flexibility index (Phi) is 5.18. The monoisotopic (exact) mass is 327 g/mol. The summed E-state index contributed by atoms with van der Waals surface area (Å²) < 4.78 is 11.0. The zero-order valence-corrected chi connectivity index (χ0v) is 12.4. The van der Waals surface area contributed by atoms with Gasteiger partial charge in [-0.1, -0.05) is 12.1 Å². The Morgan fingerprint density at radius 2 is 2.05 bits per heavy atom. The van der Waals surface area contributed by atoms with Crippen molar-refractivity contribution in [2.24, 2.45) is 0 Å². The largest absolute Gasteiger partial charge is 0.475 e. The molecule has 0 bridgehead atoms. The molecule has 19 heavy (non-hydrogen) atoms. The van der Waals surface area contributed by atoms with Crippen molar-refractivity contribution in [2.75, 3.05) is 39.5 Å². The number of fused-ring (bicyclic) bond motifs is 1. The molecule has 0 atom stereocenters. The Morgan fingerprint density at radius 3 is 2.89 bits per heavy atom. The van der Waals surface area contributed by atoms with E-state index in [0.717, 1.165) is 43.8 Å². The van der Waals surface area contributed by atoms with Gasteiger partial charge < -0.3 is 9.47 Å². The van der Waals surface area contributed by atoms with Gasteiger partial charge in [0.05, 0.1) is 24.1 Å². The number of morpholine rings is 1. The average Bonchev–Trinajstić information content (AvgIpc) is 2.84. The molecule has 0 amide bonds. The Hall–Kier alpha value is -1.11. The fraction of sp³-hybridized carbons (Fsp3) is 0.462. The Labute approximate surface area is 122 Å². The summed E-state index contributed by atoms with van der Waals surface area (Å²) in [6.07, 6.45) is 0. The van der Waals surface area contributed by atoms with Crippen molar-refractivity contribution in [3.63, 3.8) is 0 Å². The van der Waals surface area contributed by atoms with Crippen LogP contribution >= 0.6 is 17.0 Å². The maximum absolute atomic E-state index is 5.74. The van der Waals surface area contributed by atoms with E-state index in [1.807, 2.05) is 24.3 Å². The predicted molar refractivity (Wildman–Crippen MR) is 79.2 cm³/mol. The van der Waals surface area contributed by atoms with Gasteiger partial charge in [-0.2, -0.15) is 0 Å². The first-order valence-electron chi connectivity index (χ1n) is 6.29. The summed E-state index contributed by atoms with van der Waals surface area (Å²) in [5.41, 5.74) is 1.01. The van der Waals surface area contributed by atoms with Crippen molar-refractivity contribution >= 4 is 27.9 Å². The van der Waals surface area contributed by atoms with Gasteiger partial charge in [-0.05, 0) is 12.1 Å². The van der Waals surface area contributed by atoms with Gasteiger partial charge >= 0.3 is 0 Å². The number of rotatable bonds is 4. The number of ether oxygens (including phenoxy) is 2. The number of halogens is 1. The van der Waals surface area contributed by atoms with Crippen LogP contribution in [0.5, 0.6) is 5.88 Å². The third kappa shape index (κ3) is 3.46. The van der Waals surface area contributed by atoms with Gasteiger partial charge in [0.25, 0.3) is 0 Å². The lowest BCUT2D eigenvalue weighted by Crippen LogP contribution is -2.38. The third-order valence-corrected chi connectivity index (χ3v) is 3.19. The lowest BCUT2D eigenvalue weighted by atomic mass is 10.2. The molecule has 1 fully saturated rings. The van der Waals surface area contributed by atoms with Crippen LogP contribution < -0.4 is 4.74 Å². The standard InChI is InChI=1S/C13H17N3O2.BrH/c1-2-4-12-11(3-1)13(15-14-12)18-10-7-16-5-8-17-9-6-16;/h1-4H,5-10H2,(H,14,15);1H. The van der Waals surface area contributed by atoms with E-state index in [-0.39, 0.29) is 17.0 Å². The van der Waals surface area contributed by atoms with E-state index < -0.39 is 0 Å². The molecule has 3 rings (SSSR count). The van der Waals surface area contributed by atoms with E-state index in [1.54, 1.807) is 0 Å². The molecule has 1 N–H and O–H groups in total. The quantitative estimate of drug-likeness (QED) is 0.931. The van der Waals surface area contributed by atoms with Crippen LogP contribution in [0.4, 0.5) is 0 Å². The number of hydrogen-bond donors (Lipinski definition) is 1. The fourth-order valence-corrected chi connectivity index (χ4v) is 2.14. The second-order valence-electron chi connectivity index (χ2n) is 4.38. The van der Waals surface area contributed by atoms with E-state index in [2.05, 4.69) is 15.1 Å². The summed E-state index contributed by atoms with van der Waals surface area (Å²) in [6, 6.07) is 7.99. The van der Waals surface area contributed by atoms with Crippen LogP contribution in [0.15, 0.2) is 24.3 Å². The SMILES string of the molecule is Br.c1ccc2c(OCCN3CCOCC3)n[nH]c2c1. The van der Waals surface area contributed by atoms with Gasteiger partial charge in [0, 0.05) is 19.6 Å². The summed E-state index contributed by atoms with van der Waals surface area (Å²) in [7, 11) is 0. The van der Waals surface area contributed by atoms with Crippen LogP contribution in [0.3, 0.4) is 0 Å².